The van der Waals surface area contributed by atoms with Gasteiger partial charge in [-0.3, -0.25) is 4.90 Å². The number of carboxylic acid groups (broad SMARTS) is 1. The van der Waals surface area contributed by atoms with Crippen LogP contribution in [0.2, 0.25) is 5.02 Å². The van der Waals surface area contributed by atoms with Gasteiger partial charge < -0.3 is 15.1 Å². The Morgan fingerprint density at radius 1 is 1.35 bits per heavy atom. The van der Waals surface area contributed by atoms with Crippen molar-refractivity contribution < 1.29 is 19.4 Å². The van der Waals surface area contributed by atoms with Gasteiger partial charge in [-0.25, -0.2) is 9.18 Å². The molecule has 1 saturated heterocycles. The predicted octanol–water partition coefficient (Wildman–Crippen LogP) is 4.29. The average Bonchev–Trinajstić information content (AvgIpc) is 2.97. The van der Waals surface area contributed by atoms with Crippen LogP contribution in [0.25, 0.3) is 11.1 Å². The Kier molecular flexibility index (Phi) is 5.34. The minimum absolute atomic E-state index is 0.0676. The van der Waals surface area contributed by atoms with E-state index >= 15 is 0 Å². The van der Waals surface area contributed by atoms with Crippen LogP contribution in [0, 0.1) is 11.7 Å². The van der Waals surface area contributed by atoms with Gasteiger partial charge in [0.15, 0.2) is 0 Å². The highest BCUT2D eigenvalue weighted by Gasteiger charge is 2.27. The van der Waals surface area contributed by atoms with Crippen molar-refractivity contribution in [3.05, 3.63) is 47.2 Å². The third kappa shape index (κ3) is 4.08. The molecule has 1 atom stereocenters. The van der Waals surface area contributed by atoms with Crippen molar-refractivity contribution in [2.45, 2.75) is 6.42 Å². The highest BCUT2D eigenvalue weighted by atomic mass is 35.5. The molecular weight excluding hydrogens is 359 g/mol. The molecular formula is C19H20ClFN2O3. The molecule has 0 aromatic heterocycles. The number of aromatic hydroxyl groups is 1. The second kappa shape index (κ2) is 7.51. The van der Waals surface area contributed by atoms with E-state index in [2.05, 4.69) is 4.90 Å². The van der Waals surface area contributed by atoms with Gasteiger partial charge in [0.25, 0.3) is 0 Å². The summed E-state index contributed by atoms with van der Waals surface area (Å²) in [7, 11) is 2.00. The molecule has 1 unspecified atom stereocenters. The van der Waals surface area contributed by atoms with E-state index < -0.39 is 11.9 Å². The van der Waals surface area contributed by atoms with Gasteiger partial charge in [-0.15, -0.1) is 0 Å². The number of likely N-dealkylation sites (tertiary alicyclic amines) is 1. The van der Waals surface area contributed by atoms with Crippen LogP contribution < -0.4 is 4.90 Å². The molecule has 0 aliphatic carbocycles. The Bertz CT molecular complexity index is 810. The lowest BCUT2D eigenvalue weighted by Gasteiger charge is -2.25. The Morgan fingerprint density at radius 3 is 2.73 bits per heavy atom. The molecule has 0 spiro atoms. The summed E-state index contributed by atoms with van der Waals surface area (Å²) in [4.78, 5) is 15.3. The summed E-state index contributed by atoms with van der Waals surface area (Å²) in [6.07, 6.45) is -0.187. The summed E-state index contributed by atoms with van der Waals surface area (Å²) in [5.41, 5.74) is 1.20. The molecule has 1 heterocycles. The van der Waals surface area contributed by atoms with Crippen LogP contribution in [0.5, 0.6) is 5.75 Å². The molecule has 7 heteroatoms. The highest BCUT2D eigenvalue weighted by Crippen LogP contribution is 2.36. The number of carbonyl (C=O) groups is 1. The molecule has 0 saturated carbocycles. The second-order valence-corrected chi connectivity index (χ2v) is 7.11. The van der Waals surface area contributed by atoms with Crippen LogP contribution in [0.1, 0.15) is 6.42 Å². The maximum atomic E-state index is 13.9. The first-order chi connectivity index (χ1) is 12.3. The number of phenolic OH excluding ortho intramolecular Hbond substituents is 1. The molecule has 2 aromatic carbocycles. The largest absolute Gasteiger partial charge is 0.508 e. The van der Waals surface area contributed by atoms with Gasteiger partial charge in [0.2, 0.25) is 0 Å². The van der Waals surface area contributed by atoms with Crippen molar-refractivity contribution in [1.82, 2.24) is 4.90 Å². The van der Waals surface area contributed by atoms with Crippen LogP contribution in [0.3, 0.4) is 0 Å². The fourth-order valence-electron chi connectivity index (χ4n) is 3.42. The van der Waals surface area contributed by atoms with Crippen molar-refractivity contribution in [3.63, 3.8) is 0 Å². The minimum atomic E-state index is -1.10. The van der Waals surface area contributed by atoms with Gasteiger partial charge in [-0.2, -0.15) is 0 Å². The number of anilines is 1. The topological polar surface area (TPSA) is 64.0 Å². The number of hydrogen-bond acceptors (Lipinski definition) is 3. The molecule has 1 aliphatic rings. The van der Waals surface area contributed by atoms with E-state index in [1.807, 2.05) is 7.05 Å². The van der Waals surface area contributed by atoms with Gasteiger partial charge in [-0.1, -0.05) is 11.6 Å². The second-order valence-electron chi connectivity index (χ2n) is 6.67. The summed E-state index contributed by atoms with van der Waals surface area (Å²) in [5.74, 6) is -0.349. The molecule has 1 aliphatic heterocycles. The maximum absolute atomic E-state index is 13.9. The number of amides is 1. The van der Waals surface area contributed by atoms with Gasteiger partial charge in [0.05, 0.1) is 5.69 Å². The third-order valence-electron chi connectivity index (χ3n) is 4.60. The van der Waals surface area contributed by atoms with E-state index in [9.17, 15) is 19.4 Å². The first-order valence-corrected chi connectivity index (χ1v) is 8.70. The first kappa shape index (κ1) is 18.5. The standard InChI is InChI=1S/C19H20ClFN2O3/c1-22-5-4-12(10-22)11-23(19(25)26)18-3-2-15(21)9-17(18)13-6-14(20)8-16(24)7-13/h2-3,6-9,12,24H,4-5,10-11H2,1H3,(H,25,26). The van der Waals surface area contributed by atoms with Crippen molar-refractivity contribution in [1.29, 1.82) is 0 Å². The molecule has 0 radical (unpaired) electrons. The van der Waals surface area contributed by atoms with Crippen LogP contribution in [-0.4, -0.2) is 47.9 Å². The average molecular weight is 379 g/mol. The van der Waals surface area contributed by atoms with Gasteiger partial charge >= 0.3 is 6.09 Å². The van der Waals surface area contributed by atoms with Crippen LogP contribution in [0.4, 0.5) is 14.9 Å². The quantitative estimate of drug-likeness (QED) is 0.833. The number of halogens is 2. The summed E-state index contributed by atoms with van der Waals surface area (Å²) in [5, 5.41) is 19.8. The molecule has 26 heavy (non-hydrogen) atoms. The number of hydrogen-bond donors (Lipinski definition) is 2. The van der Waals surface area contributed by atoms with E-state index in [0.717, 1.165) is 19.5 Å². The SMILES string of the molecule is CN1CCC(CN(C(=O)O)c2ccc(F)cc2-c2cc(O)cc(Cl)c2)C1. The zero-order valence-electron chi connectivity index (χ0n) is 14.3. The molecule has 2 aromatic rings. The Balaban J connectivity index is 2.03. The van der Waals surface area contributed by atoms with Gasteiger partial charge in [0, 0.05) is 23.7 Å². The van der Waals surface area contributed by atoms with E-state index in [-0.39, 0.29) is 16.7 Å². The van der Waals surface area contributed by atoms with Crippen LogP contribution in [0.15, 0.2) is 36.4 Å². The molecule has 0 bridgehead atoms. The summed E-state index contributed by atoms with van der Waals surface area (Å²) >= 11 is 6.00. The van der Waals surface area contributed by atoms with Crippen LogP contribution >= 0.6 is 11.6 Å². The van der Waals surface area contributed by atoms with Crippen molar-refractivity contribution in [2.24, 2.45) is 5.92 Å². The van der Waals surface area contributed by atoms with Crippen molar-refractivity contribution in [3.8, 4) is 16.9 Å². The Morgan fingerprint density at radius 2 is 2.12 bits per heavy atom. The minimum Gasteiger partial charge on any atom is -0.508 e. The van der Waals surface area contributed by atoms with Crippen molar-refractivity contribution >= 4 is 23.4 Å². The van der Waals surface area contributed by atoms with Crippen LogP contribution in [-0.2, 0) is 0 Å². The van der Waals surface area contributed by atoms with E-state index in [4.69, 9.17) is 11.6 Å². The molecule has 2 N–H and O–H groups in total. The van der Waals surface area contributed by atoms with Gasteiger partial charge in [0.1, 0.15) is 11.6 Å². The lowest BCUT2D eigenvalue weighted by molar-refractivity contribution is 0.200. The number of rotatable bonds is 4. The molecule has 138 valence electrons. The number of nitrogens with zero attached hydrogens (tertiary/aromatic N) is 2. The fraction of sp³-hybridized carbons (Fsp3) is 0.316. The third-order valence-corrected chi connectivity index (χ3v) is 4.82. The first-order valence-electron chi connectivity index (χ1n) is 8.32. The fourth-order valence-corrected chi connectivity index (χ4v) is 3.65. The van der Waals surface area contributed by atoms with Gasteiger partial charge in [-0.05, 0) is 67.9 Å². The zero-order chi connectivity index (χ0) is 18.8. The van der Waals surface area contributed by atoms with E-state index in [0.29, 0.717) is 23.4 Å². The molecule has 1 amide bonds. The Hall–Kier alpha value is -2.31. The van der Waals surface area contributed by atoms with E-state index in [1.165, 1.54) is 35.2 Å². The number of benzene rings is 2. The highest BCUT2D eigenvalue weighted by molar-refractivity contribution is 6.31. The molecule has 5 nitrogen and oxygen atoms in total. The van der Waals surface area contributed by atoms with E-state index in [1.54, 1.807) is 6.07 Å². The summed E-state index contributed by atoms with van der Waals surface area (Å²) in [6.45, 7) is 2.07. The molecule has 1 fully saturated rings. The lowest BCUT2D eigenvalue weighted by atomic mass is 10.0. The predicted molar refractivity (Wildman–Crippen MR) is 99.5 cm³/mol. The normalized spacial score (nSPS) is 17.4. The molecule has 3 rings (SSSR count). The smallest absolute Gasteiger partial charge is 0.411 e. The monoisotopic (exact) mass is 378 g/mol. The number of phenols is 1. The summed E-state index contributed by atoms with van der Waals surface area (Å²) < 4.78 is 13.9. The summed E-state index contributed by atoms with van der Waals surface area (Å²) in [6, 6.07) is 8.33. The Labute approximate surface area is 156 Å². The van der Waals surface area contributed by atoms with Crippen molar-refractivity contribution in [2.75, 3.05) is 31.6 Å². The maximum Gasteiger partial charge on any atom is 0.411 e. The zero-order valence-corrected chi connectivity index (χ0v) is 15.1. The lowest BCUT2D eigenvalue weighted by Crippen LogP contribution is -2.35.